The normalized spacial score (nSPS) is 24.0. The summed E-state index contributed by atoms with van der Waals surface area (Å²) in [7, 11) is -4.11. The van der Waals surface area contributed by atoms with E-state index in [0.29, 0.717) is 5.75 Å². The zero-order valence-electron chi connectivity index (χ0n) is 28.5. The summed E-state index contributed by atoms with van der Waals surface area (Å²) < 4.78 is 75.9. The molecule has 1 aliphatic rings. The number of anilines is 1. The van der Waals surface area contributed by atoms with Crippen LogP contribution in [0.15, 0.2) is 48.8 Å². The number of ether oxygens (including phenoxy) is 4. The van der Waals surface area contributed by atoms with E-state index in [9.17, 15) is 14.5 Å². The summed E-state index contributed by atoms with van der Waals surface area (Å²) in [5.74, 6) is -3.42. The minimum absolute atomic E-state index is 0.0279. The van der Waals surface area contributed by atoms with E-state index < -0.39 is 50.0 Å². The second kappa shape index (κ2) is 15.1. The van der Waals surface area contributed by atoms with Crippen molar-refractivity contribution in [3.8, 4) is 11.6 Å². The quantitative estimate of drug-likeness (QED) is 0.0791. The molecule has 4 aromatic rings. The fraction of sp³-hybridized carbons (Fsp3) is 0.515. The lowest BCUT2D eigenvalue weighted by atomic mass is 9.97. The predicted octanol–water partition coefficient (Wildman–Crippen LogP) is 5.10. The summed E-state index contributed by atoms with van der Waals surface area (Å²) in [5.41, 5.74) is 3.14. The highest BCUT2D eigenvalue weighted by Crippen LogP contribution is 2.52. The monoisotopic (exact) mass is 720 g/mol. The first kappa shape index (κ1) is 37.3. The van der Waals surface area contributed by atoms with Gasteiger partial charge in [0.25, 0.3) is 13.4 Å². The lowest BCUT2D eigenvalue weighted by Gasteiger charge is -2.28. The molecule has 6 atom stereocenters. The molecule has 272 valence electrons. The smallest absolute Gasteiger partial charge is 0.323 e. The molecule has 2 aromatic carbocycles. The van der Waals surface area contributed by atoms with E-state index in [-0.39, 0.29) is 61.3 Å². The number of halogens is 2. The second-order valence-electron chi connectivity index (χ2n) is 12.7. The Labute approximate surface area is 288 Å². The molecule has 17 heteroatoms. The number of nitrogens with two attached hydrogens (primary N) is 1. The van der Waals surface area contributed by atoms with Gasteiger partial charge in [0.15, 0.2) is 29.2 Å². The fourth-order valence-corrected chi connectivity index (χ4v) is 7.49. The van der Waals surface area contributed by atoms with Gasteiger partial charge in [0.1, 0.15) is 18.4 Å². The highest BCUT2D eigenvalue weighted by atomic mass is 31.2. The molecule has 14 nitrogen and oxygen atoms in total. The number of carbonyl (C=O) groups excluding carboxylic acids is 1. The summed E-state index contributed by atoms with van der Waals surface area (Å²) in [6.45, 7) is 7.10. The summed E-state index contributed by atoms with van der Waals surface area (Å²) >= 11 is 0. The number of nitrogens with zero attached hydrogens (tertiary/aromatic N) is 4. The number of carbonyl (C=O) groups is 1. The van der Waals surface area contributed by atoms with E-state index in [1.165, 1.54) is 6.92 Å². The van der Waals surface area contributed by atoms with Crippen molar-refractivity contribution in [1.82, 2.24) is 24.6 Å². The Hall–Kier alpha value is -3.95. The number of imidazole rings is 1. The molecule has 0 bridgehead atoms. The van der Waals surface area contributed by atoms with E-state index in [1.54, 1.807) is 13.0 Å². The molecule has 0 aliphatic carbocycles. The Kier molecular flexibility index (Phi) is 11.3. The van der Waals surface area contributed by atoms with Crippen LogP contribution in [0.25, 0.3) is 21.9 Å². The van der Waals surface area contributed by atoms with Crippen LogP contribution < -0.4 is 20.3 Å². The molecule has 0 saturated carbocycles. The van der Waals surface area contributed by atoms with Gasteiger partial charge < -0.3 is 34.3 Å². The zero-order chi connectivity index (χ0) is 36.3. The van der Waals surface area contributed by atoms with E-state index in [4.69, 9.17) is 29.2 Å². The second-order valence-corrected chi connectivity index (χ2v) is 15.0. The summed E-state index contributed by atoms with van der Waals surface area (Å²) in [6.07, 6.45) is -3.16. The van der Waals surface area contributed by atoms with E-state index >= 15 is 8.78 Å². The molecule has 4 N–H and O–H groups in total. The van der Waals surface area contributed by atoms with Gasteiger partial charge in [-0.2, -0.15) is 9.97 Å². The number of nitrogen functional groups attached to an aromatic ring is 1. The number of esters is 1. The average molecular weight is 721 g/mol. The number of fused-ring (bicyclic) bond motifs is 2. The number of aromatic nitrogens is 4. The van der Waals surface area contributed by atoms with Crippen LogP contribution in [0.2, 0.25) is 0 Å². The first-order chi connectivity index (χ1) is 23.7. The van der Waals surface area contributed by atoms with Crippen molar-refractivity contribution in [1.29, 1.82) is 0 Å². The molecule has 50 heavy (non-hydrogen) atoms. The summed E-state index contributed by atoms with van der Waals surface area (Å²) in [5, 5.41) is 15.5. The molecule has 0 spiro atoms. The first-order valence-corrected chi connectivity index (χ1v) is 18.1. The van der Waals surface area contributed by atoms with Crippen molar-refractivity contribution in [2.45, 2.75) is 70.9 Å². The molecule has 1 unspecified atom stereocenters. The average Bonchev–Trinajstić information content (AvgIpc) is 3.57. The topological polar surface area (TPSA) is 182 Å². The first-order valence-electron chi connectivity index (χ1n) is 16.3. The molecule has 2 aromatic heterocycles. The van der Waals surface area contributed by atoms with Gasteiger partial charge in [0.2, 0.25) is 11.8 Å². The number of aliphatic hydroxyl groups is 1. The molecule has 0 radical (unpaired) electrons. The van der Waals surface area contributed by atoms with Crippen LogP contribution in [0.1, 0.15) is 47.3 Å². The largest absolute Gasteiger partial charge is 0.493 e. The Bertz CT molecular complexity index is 1860. The van der Waals surface area contributed by atoms with Gasteiger partial charge in [-0.1, -0.05) is 50.2 Å². The van der Waals surface area contributed by atoms with Crippen molar-refractivity contribution in [2.75, 3.05) is 38.3 Å². The summed E-state index contributed by atoms with van der Waals surface area (Å²) in [6, 6.07) is 12.1. The molecular formula is C33H43F2N6O8P. The third kappa shape index (κ3) is 8.00. The minimum atomic E-state index is -4.11. The third-order valence-corrected chi connectivity index (χ3v) is 10.3. The molecular weight excluding hydrogens is 677 g/mol. The Morgan fingerprint density at radius 1 is 1.16 bits per heavy atom. The van der Waals surface area contributed by atoms with Crippen molar-refractivity contribution in [2.24, 2.45) is 5.92 Å². The maximum Gasteiger partial charge on any atom is 0.323 e. The maximum absolute atomic E-state index is 16.5. The van der Waals surface area contributed by atoms with Crippen LogP contribution in [-0.2, 0) is 23.4 Å². The predicted molar refractivity (Wildman–Crippen MR) is 181 cm³/mol. The SMILES string of the molecule is CCOc1nc(N)nc2c1ncn2[C@@H]1O[C@](F)(COP(=O)(CCCOc2cccc3ccccc23)N[C@@H](C)C(=O)OCC(C)C)[C@@H](O)[C@@]1(C)F. The number of rotatable bonds is 16. The number of benzene rings is 2. The molecule has 0 amide bonds. The Morgan fingerprint density at radius 3 is 2.64 bits per heavy atom. The van der Waals surface area contributed by atoms with Crippen LogP contribution in [-0.4, -0.2) is 86.9 Å². The van der Waals surface area contributed by atoms with E-state index in [1.807, 2.05) is 50.2 Å². The van der Waals surface area contributed by atoms with Crippen molar-refractivity contribution in [3.63, 3.8) is 0 Å². The lowest BCUT2D eigenvalue weighted by Crippen LogP contribution is -2.47. The highest BCUT2D eigenvalue weighted by molar-refractivity contribution is 7.56. The van der Waals surface area contributed by atoms with Crippen LogP contribution in [0.3, 0.4) is 0 Å². The van der Waals surface area contributed by atoms with Gasteiger partial charge >= 0.3 is 5.97 Å². The number of nitrogens with one attached hydrogen (secondary N) is 1. The third-order valence-electron chi connectivity index (χ3n) is 8.05. The van der Waals surface area contributed by atoms with Crippen LogP contribution in [0, 0.1) is 5.92 Å². The van der Waals surface area contributed by atoms with E-state index in [0.717, 1.165) is 28.6 Å². The number of hydrogen-bond acceptors (Lipinski definition) is 12. The van der Waals surface area contributed by atoms with Crippen molar-refractivity contribution < 1.29 is 46.7 Å². The Balaban J connectivity index is 1.33. The maximum atomic E-state index is 16.5. The van der Waals surface area contributed by atoms with Gasteiger partial charge in [-0.05, 0) is 44.6 Å². The van der Waals surface area contributed by atoms with Crippen LogP contribution in [0.4, 0.5) is 14.7 Å². The Morgan fingerprint density at radius 2 is 1.90 bits per heavy atom. The van der Waals surface area contributed by atoms with Crippen molar-refractivity contribution in [3.05, 3.63) is 48.8 Å². The molecule has 1 saturated heterocycles. The van der Waals surface area contributed by atoms with Crippen LogP contribution in [0.5, 0.6) is 11.6 Å². The lowest BCUT2D eigenvalue weighted by molar-refractivity contribution is -0.202. The molecule has 5 rings (SSSR count). The van der Waals surface area contributed by atoms with E-state index in [2.05, 4.69) is 20.0 Å². The van der Waals surface area contributed by atoms with Gasteiger partial charge in [-0.3, -0.25) is 13.9 Å². The molecule has 1 fully saturated rings. The number of alkyl halides is 2. The standard InChI is InChI=1S/C33H43F2N6O8P/c1-6-45-27-25-26(38-31(36)39-27)41(19-37-25)30-32(5,34)29(43)33(35,49-30)18-48-50(44,40-21(4)28(42)47-17-20(2)3)16-10-15-46-24-14-9-12-22-11-7-8-13-23(22)24/h7-9,11-14,19-21,29-30,43H,6,10,15-18H2,1-5H3,(H,40,44)(H2,36,38,39)/t21-,29-,30+,32+,33+,50?/m0/s1. The zero-order valence-corrected chi connectivity index (χ0v) is 29.4. The fourth-order valence-electron chi connectivity index (χ4n) is 5.54. The number of aliphatic hydroxyl groups excluding tert-OH is 1. The van der Waals surface area contributed by atoms with Gasteiger partial charge in [-0.25, -0.2) is 18.9 Å². The van der Waals surface area contributed by atoms with Gasteiger partial charge in [-0.15, -0.1) is 0 Å². The summed E-state index contributed by atoms with van der Waals surface area (Å²) in [4.78, 5) is 24.9. The number of hydrogen-bond donors (Lipinski definition) is 3. The highest BCUT2D eigenvalue weighted by Gasteiger charge is 2.65. The molecule has 3 heterocycles. The molecule has 1 aliphatic heterocycles. The minimum Gasteiger partial charge on any atom is -0.493 e. The van der Waals surface area contributed by atoms with Crippen molar-refractivity contribution >= 4 is 41.4 Å². The van der Waals surface area contributed by atoms with Gasteiger partial charge in [0, 0.05) is 11.5 Å². The van der Waals surface area contributed by atoms with Gasteiger partial charge in [0.05, 0.1) is 26.1 Å². The van der Waals surface area contributed by atoms with Crippen LogP contribution >= 0.6 is 7.52 Å².